The molecule has 0 aliphatic heterocycles. The molecule has 0 saturated carbocycles. The van der Waals surface area contributed by atoms with Gasteiger partial charge in [0, 0.05) is 19.2 Å². The summed E-state index contributed by atoms with van der Waals surface area (Å²) in [5, 5.41) is 0. The molecule has 0 aliphatic rings. The molecule has 0 heterocycles. The van der Waals surface area contributed by atoms with E-state index in [0.29, 0.717) is 0 Å². The van der Waals surface area contributed by atoms with Gasteiger partial charge >= 0.3 is 5.97 Å². The predicted molar refractivity (Wildman–Crippen MR) is 65.4 cm³/mol. The first-order valence-electron chi connectivity index (χ1n) is 5.55. The molecule has 16 heavy (non-hydrogen) atoms. The number of hydrogen-bond donors (Lipinski definition) is 0. The van der Waals surface area contributed by atoms with Crippen LogP contribution in [-0.4, -0.2) is 18.7 Å². The number of benzene rings is 1. The van der Waals surface area contributed by atoms with Crippen LogP contribution in [-0.2, 0) is 9.53 Å². The van der Waals surface area contributed by atoms with Gasteiger partial charge < -0.3 is 9.64 Å². The second-order valence-corrected chi connectivity index (χ2v) is 3.83. The van der Waals surface area contributed by atoms with Gasteiger partial charge in [-0.1, -0.05) is 12.1 Å². The van der Waals surface area contributed by atoms with Gasteiger partial charge in [0.2, 0.25) is 0 Å². The zero-order valence-electron chi connectivity index (χ0n) is 10.4. The molecular weight excluding hydrogens is 202 g/mol. The van der Waals surface area contributed by atoms with Crippen LogP contribution in [0.15, 0.2) is 24.3 Å². The molecule has 0 N–H and O–H groups in total. The van der Waals surface area contributed by atoms with Crippen molar-refractivity contribution in [1.82, 2.24) is 0 Å². The summed E-state index contributed by atoms with van der Waals surface area (Å²) in [5.41, 5.74) is 2.28. The SMILES string of the molecule is CCN(c1cccc(C)c1)C(C)OC(C)=O. The molecule has 0 aromatic heterocycles. The number of ether oxygens (including phenoxy) is 1. The fourth-order valence-corrected chi connectivity index (χ4v) is 1.76. The Morgan fingerprint density at radius 3 is 2.69 bits per heavy atom. The smallest absolute Gasteiger partial charge is 0.304 e. The maximum atomic E-state index is 10.9. The third-order valence-electron chi connectivity index (χ3n) is 2.45. The summed E-state index contributed by atoms with van der Waals surface area (Å²) in [7, 11) is 0. The normalized spacial score (nSPS) is 12.0. The molecule has 1 aromatic rings. The molecule has 88 valence electrons. The summed E-state index contributed by atoms with van der Waals surface area (Å²) < 4.78 is 5.18. The van der Waals surface area contributed by atoms with Gasteiger partial charge in [0.25, 0.3) is 0 Å². The molecular formula is C13H19NO2. The topological polar surface area (TPSA) is 29.5 Å². The minimum atomic E-state index is -0.251. The van der Waals surface area contributed by atoms with E-state index in [9.17, 15) is 4.79 Å². The van der Waals surface area contributed by atoms with E-state index >= 15 is 0 Å². The molecule has 0 radical (unpaired) electrons. The first-order chi connectivity index (χ1) is 7.54. The molecule has 0 bridgehead atoms. The maximum absolute atomic E-state index is 10.9. The van der Waals surface area contributed by atoms with Crippen LogP contribution in [0.4, 0.5) is 5.69 Å². The average molecular weight is 221 g/mol. The Hall–Kier alpha value is -1.51. The van der Waals surface area contributed by atoms with Crippen LogP contribution in [0.25, 0.3) is 0 Å². The molecule has 1 unspecified atom stereocenters. The summed E-state index contributed by atoms with van der Waals surface area (Å²) >= 11 is 0. The summed E-state index contributed by atoms with van der Waals surface area (Å²) in [6.45, 7) is 8.21. The second-order valence-electron chi connectivity index (χ2n) is 3.83. The Bertz CT molecular complexity index is 363. The summed E-state index contributed by atoms with van der Waals surface area (Å²) in [6.07, 6.45) is -0.232. The van der Waals surface area contributed by atoms with E-state index in [0.717, 1.165) is 12.2 Å². The molecule has 0 fully saturated rings. The van der Waals surface area contributed by atoms with Gasteiger partial charge in [-0.15, -0.1) is 0 Å². The molecule has 0 aliphatic carbocycles. The van der Waals surface area contributed by atoms with Crippen molar-refractivity contribution in [3.8, 4) is 0 Å². The van der Waals surface area contributed by atoms with Crippen LogP contribution >= 0.6 is 0 Å². The zero-order chi connectivity index (χ0) is 12.1. The summed E-state index contributed by atoms with van der Waals surface area (Å²) in [4.78, 5) is 13.0. The van der Waals surface area contributed by atoms with Gasteiger partial charge in [-0.05, 0) is 38.5 Å². The van der Waals surface area contributed by atoms with E-state index in [-0.39, 0.29) is 12.2 Å². The fraction of sp³-hybridized carbons (Fsp3) is 0.462. The number of nitrogens with zero attached hydrogens (tertiary/aromatic N) is 1. The number of carbonyl (C=O) groups excluding carboxylic acids is 1. The molecule has 1 rings (SSSR count). The first-order valence-corrected chi connectivity index (χ1v) is 5.55. The minimum Gasteiger partial charge on any atom is -0.442 e. The Morgan fingerprint density at radius 1 is 1.50 bits per heavy atom. The number of anilines is 1. The van der Waals surface area contributed by atoms with Crippen LogP contribution in [0.1, 0.15) is 26.3 Å². The zero-order valence-corrected chi connectivity index (χ0v) is 10.4. The van der Waals surface area contributed by atoms with Crippen molar-refractivity contribution in [1.29, 1.82) is 0 Å². The lowest BCUT2D eigenvalue weighted by molar-refractivity contribution is -0.145. The van der Waals surface area contributed by atoms with Crippen molar-refractivity contribution < 1.29 is 9.53 Å². The molecule has 0 saturated heterocycles. The van der Waals surface area contributed by atoms with Crippen molar-refractivity contribution in [3.63, 3.8) is 0 Å². The second kappa shape index (κ2) is 5.54. The molecule has 3 heteroatoms. The lowest BCUT2D eigenvalue weighted by Crippen LogP contribution is -2.36. The predicted octanol–water partition coefficient (Wildman–Crippen LogP) is 2.73. The quantitative estimate of drug-likeness (QED) is 0.578. The van der Waals surface area contributed by atoms with E-state index < -0.39 is 0 Å². The Labute approximate surface area is 97.0 Å². The minimum absolute atomic E-state index is 0.232. The van der Waals surface area contributed by atoms with Crippen LogP contribution in [0.3, 0.4) is 0 Å². The number of hydrogen-bond acceptors (Lipinski definition) is 3. The Balaban J connectivity index is 2.85. The van der Waals surface area contributed by atoms with E-state index in [1.54, 1.807) is 0 Å². The average Bonchev–Trinajstić information content (AvgIpc) is 2.17. The summed E-state index contributed by atoms with van der Waals surface area (Å²) in [6, 6.07) is 8.17. The van der Waals surface area contributed by atoms with Gasteiger partial charge in [-0.25, -0.2) is 0 Å². The van der Waals surface area contributed by atoms with Gasteiger partial charge in [-0.2, -0.15) is 0 Å². The van der Waals surface area contributed by atoms with Crippen molar-refractivity contribution in [2.45, 2.75) is 33.9 Å². The lowest BCUT2D eigenvalue weighted by Gasteiger charge is -2.29. The van der Waals surface area contributed by atoms with E-state index in [4.69, 9.17) is 4.74 Å². The third kappa shape index (κ3) is 3.26. The number of carbonyl (C=O) groups is 1. The molecule has 0 amide bonds. The van der Waals surface area contributed by atoms with Crippen LogP contribution in [0, 0.1) is 6.92 Å². The standard InChI is InChI=1S/C13H19NO2/c1-5-14(11(3)16-12(4)15)13-8-6-7-10(2)9-13/h6-9,11H,5H2,1-4H3. The Kier molecular flexibility index (Phi) is 4.35. The van der Waals surface area contributed by atoms with Gasteiger partial charge in [-0.3, -0.25) is 4.79 Å². The first kappa shape index (κ1) is 12.6. The lowest BCUT2D eigenvalue weighted by atomic mass is 10.2. The highest BCUT2D eigenvalue weighted by Crippen LogP contribution is 2.18. The monoisotopic (exact) mass is 221 g/mol. The van der Waals surface area contributed by atoms with Gasteiger partial charge in [0.05, 0.1) is 0 Å². The highest BCUT2D eigenvalue weighted by molar-refractivity contribution is 5.66. The van der Waals surface area contributed by atoms with Crippen molar-refractivity contribution in [3.05, 3.63) is 29.8 Å². The molecule has 1 atom stereocenters. The molecule has 3 nitrogen and oxygen atoms in total. The highest BCUT2D eigenvalue weighted by Gasteiger charge is 2.14. The molecule has 0 spiro atoms. The van der Waals surface area contributed by atoms with E-state index in [1.165, 1.54) is 12.5 Å². The largest absolute Gasteiger partial charge is 0.442 e. The van der Waals surface area contributed by atoms with E-state index in [2.05, 4.69) is 11.0 Å². The maximum Gasteiger partial charge on any atom is 0.304 e. The third-order valence-corrected chi connectivity index (χ3v) is 2.45. The summed E-state index contributed by atoms with van der Waals surface area (Å²) in [5.74, 6) is -0.251. The van der Waals surface area contributed by atoms with Crippen molar-refractivity contribution in [2.75, 3.05) is 11.4 Å². The number of rotatable bonds is 4. The van der Waals surface area contributed by atoms with Crippen molar-refractivity contribution >= 4 is 11.7 Å². The van der Waals surface area contributed by atoms with E-state index in [1.807, 2.05) is 39.0 Å². The van der Waals surface area contributed by atoms with Crippen LogP contribution < -0.4 is 4.90 Å². The number of aryl methyl sites for hydroxylation is 1. The van der Waals surface area contributed by atoms with Gasteiger partial charge in [0.1, 0.15) is 0 Å². The van der Waals surface area contributed by atoms with Gasteiger partial charge in [0.15, 0.2) is 6.23 Å². The fourth-order valence-electron chi connectivity index (χ4n) is 1.76. The highest BCUT2D eigenvalue weighted by atomic mass is 16.6. The van der Waals surface area contributed by atoms with Crippen molar-refractivity contribution in [2.24, 2.45) is 0 Å². The Morgan fingerprint density at radius 2 is 2.19 bits per heavy atom. The molecule has 1 aromatic carbocycles. The van der Waals surface area contributed by atoms with Crippen LogP contribution in [0.5, 0.6) is 0 Å². The van der Waals surface area contributed by atoms with Crippen LogP contribution in [0.2, 0.25) is 0 Å². The number of esters is 1.